The number of oxime groups is 1. The van der Waals surface area contributed by atoms with Gasteiger partial charge in [0, 0.05) is 5.56 Å². The van der Waals surface area contributed by atoms with E-state index in [9.17, 15) is 4.79 Å². The molecule has 6 heteroatoms. The lowest BCUT2D eigenvalue weighted by molar-refractivity contribution is 0.128. The van der Waals surface area contributed by atoms with Crippen molar-refractivity contribution in [1.29, 1.82) is 0 Å². The van der Waals surface area contributed by atoms with Crippen LogP contribution in [-0.4, -0.2) is 28.5 Å². The molecule has 3 rings (SSSR count). The predicted molar refractivity (Wildman–Crippen MR) is 82.6 cm³/mol. The number of hydrazine groups is 1. The van der Waals surface area contributed by atoms with Crippen molar-refractivity contribution in [2.45, 2.75) is 6.61 Å². The zero-order chi connectivity index (χ0) is 15.4. The summed E-state index contributed by atoms with van der Waals surface area (Å²) >= 11 is 0. The SMILES string of the molecule is O=C(O)N1C/C(=N/OCc2ccccc2)c2ccccc2N1. The number of para-hydroxylation sites is 1. The van der Waals surface area contributed by atoms with Gasteiger partial charge < -0.3 is 9.94 Å². The molecule has 0 saturated carbocycles. The van der Waals surface area contributed by atoms with E-state index in [1.165, 1.54) is 0 Å². The van der Waals surface area contributed by atoms with E-state index in [0.717, 1.165) is 16.1 Å². The first-order chi connectivity index (χ1) is 10.7. The molecule has 22 heavy (non-hydrogen) atoms. The Balaban J connectivity index is 1.79. The lowest BCUT2D eigenvalue weighted by Gasteiger charge is -2.28. The molecule has 0 unspecified atom stereocenters. The second-order valence-corrected chi connectivity index (χ2v) is 4.82. The Morgan fingerprint density at radius 3 is 2.68 bits per heavy atom. The van der Waals surface area contributed by atoms with Crippen molar-refractivity contribution in [2.75, 3.05) is 12.0 Å². The first-order valence-corrected chi connectivity index (χ1v) is 6.83. The third kappa shape index (κ3) is 3.01. The van der Waals surface area contributed by atoms with E-state index < -0.39 is 6.09 Å². The molecule has 1 aliphatic rings. The molecule has 112 valence electrons. The number of hydrogen-bond acceptors (Lipinski definition) is 4. The minimum Gasteiger partial charge on any atom is -0.464 e. The maximum atomic E-state index is 11.2. The smallest absolute Gasteiger partial charge is 0.426 e. The van der Waals surface area contributed by atoms with Crippen molar-refractivity contribution in [2.24, 2.45) is 5.16 Å². The second-order valence-electron chi connectivity index (χ2n) is 4.82. The topological polar surface area (TPSA) is 74.2 Å². The van der Waals surface area contributed by atoms with Crippen LogP contribution in [0.5, 0.6) is 0 Å². The van der Waals surface area contributed by atoms with Crippen LogP contribution in [0.2, 0.25) is 0 Å². The average molecular weight is 297 g/mol. The maximum Gasteiger partial charge on any atom is 0.426 e. The molecule has 0 bridgehead atoms. The van der Waals surface area contributed by atoms with Crippen molar-refractivity contribution in [3.8, 4) is 0 Å². The Morgan fingerprint density at radius 1 is 1.18 bits per heavy atom. The van der Waals surface area contributed by atoms with Crippen LogP contribution in [0.4, 0.5) is 10.5 Å². The number of rotatable bonds is 3. The number of nitrogens with one attached hydrogen (secondary N) is 1. The lowest BCUT2D eigenvalue weighted by atomic mass is 10.1. The summed E-state index contributed by atoms with van der Waals surface area (Å²) < 4.78 is 0. The van der Waals surface area contributed by atoms with E-state index in [4.69, 9.17) is 9.94 Å². The summed E-state index contributed by atoms with van der Waals surface area (Å²) in [5.41, 5.74) is 5.95. The fourth-order valence-electron chi connectivity index (χ4n) is 2.20. The van der Waals surface area contributed by atoms with Crippen LogP contribution in [0.15, 0.2) is 59.8 Å². The van der Waals surface area contributed by atoms with Gasteiger partial charge in [-0.2, -0.15) is 0 Å². The molecule has 2 aromatic rings. The van der Waals surface area contributed by atoms with Gasteiger partial charge in [-0.3, -0.25) is 5.43 Å². The third-order valence-corrected chi connectivity index (χ3v) is 3.28. The molecule has 1 heterocycles. The molecule has 0 radical (unpaired) electrons. The van der Waals surface area contributed by atoms with Crippen molar-refractivity contribution >= 4 is 17.5 Å². The molecule has 1 aliphatic heterocycles. The minimum absolute atomic E-state index is 0.126. The number of benzene rings is 2. The van der Waals surface area contributed by atoms with Gasteiger partial charge in [0.05, 0.1) is 12.2 Å². The summed E-state index contributed by atoms with van der Waals surface area (Å²) in [5.74, 6) is 0. The molecule has 0 saturated heterocycles. The number of amides is 1. The summed E-state index contributed by atoms with van der Waals surface area (Å²) in [5, 5.41) is 14.4. The van der Waals surface area contributed by atoms with Crippen LogP contribution in [0.25, 0.3) is 0 Å². The van der Waals surface area contributed by atoms with E-state index in [1.54, 1.807) is 6.07 Å². The molecule has 1 amide bonds. The number of carboxylic acid groups (broad SMARTS) is 1. The number of fused-ring (bicyclic) bond motifs is 1. The van der Waals surface area contributed by atoms with Crippen molar-refractivity contribution in [3.05, 3.63) is 65.7 Å². The molecule has 6 nitrogen and oxygen atoms in total. The van der Waals surface area contributed by atoms with Gasteiger partial charge in [0.1, 0.15) is 12.3 Å². The van der Waals surface area contributed by atoms with Crippen LogP contribution in [0.1, 0.15) is 11.1 Å². The van der Waals surface area contributed by atoms with E-state index in [2.05, 4.69) is 10.6 Å². The van der Waals surface area contributed by atoms with Crippen LogP contribution in [-0.2, 0) is 11.4 Å². The highest BCUT2D eigenvalue weighted by atomic mass is 16.6. The number of anilines is 1. The first kappa shape index (κ1) is 13.9. The lowest BCUT2D eigenvalue weighted by Crippen LogP contribution is -2.43. The van der Waals surface area contributed by atoms with E-state index in [0.29, 0.717) is 18.0 Å². The van der Waals surface area contributed by atoms with Crippen molar-refractivity contribution in [1.82, 2.24) is 5.01 Å². The molecule has 0 aliphatic carbocycles. The van der Waals surface area contributed by atoms with Crippen LogP contribution < -0.4 is 5.43 Å². The fourth-order valence-corrected chi connectivity index (χ4v) is 2.20. The van der Waals surface area contributed by atoms with Crippen LogP contribution >= 0.6 is 0 Å². The highest BCUT2D eigenvalue weighted by molar-refractivity contribution is 6.08. The first-order valence-electron chi connectivity index (χ1n) is 6.83. The zero-order valence-electron chi connectivity index (χ0n) is 11.8. The van der Waals surface area contributed by atoms with Crippen molar-refractivity contribution < 1.29 is 14.7 Å². The third-order valence-electron chi connectivity index (χ3n) is 3.28. The zero-order valence-corrected chi connectivity index (χ0v) is 11.8. The molecule has 0 fully saturated rings. The summed E-state index contributed by atoms with van der Waals surface area (Å²) in [4.78, 5) is 16.6. The van der Waals surface area contributed by atoms with Gasteiger partial charge in [-0.05, 0) is 11.6 Å². The van der Waals surface area contributed by atoms with E-state index >= 15 is 0 Å². The molecule has 0 aromatic heterocycles. The maximum absolute atomic E-state index is 11.2. The summed E-state index contributed by atoms with van der Waals surface area (Å²) in [7, 11) is 0. The Morgan fingerprint density at radius 2 is 1.91 bits per heavy atom. The van der Waals surface area contributed by atoms with Gasteiger partial charge in [-0.15, -0.1) is 0 Å². The number of hydrogen-bond donors (Lipinski definition) is 2. The largest absolute Gasteiger partial charge is 0.464 e. The monoisotopic (exact) mass is 297 g/mol. The van der Waals surface area contributed by atoms with Crippen LogP contribution in [0, 0.1) is 0 Å². The van der Waals surface area contributed by atoms with Gasteiger partial charge in [0.25, 0.3) is 0 Å². The normalized spacial score (nSPS) is 15.1. The Hall–Kier alpha value is -3.02. The molecule has 0 spiro atoms. The Kier molecular flexibility index (Phi) is 3.91. The minimum atomic E-state index is -1.06. The van der Waals surface area contributed by atoms with Crippen LogP contribution in [0.3, 0.4) is 0 Å². The van der Waals surface area contributed by atoms with Gasteiger partial charge in [0.15, 0.2) is 0 Å². The van der Waals surface area contributed by atoms with E-state index in [-0.39, 0.29) is 6.54 Å². The van der Waals surface area contributed by atoms with Gasteiger partial charge >= 0.3 is 6.09 Å². The predicted octanol–water partition coefficient (Wildman–Crippen LogP) is 2.93. The summed E-state index contributed by atoms with van der Waals surface area (Å²) in [6.07, 6.45) is -1.06. The summed E-state index contributed by atoms with van der Waals surface area (Å²) in [6.45, 7) is 0.466. The van der Waals surface area contributed by atoms with E-state index in [1.807, 2.05) is 48.5 Å². The molecular formula is C16H15N3O3. The van der Waals surface area contributed by atoms with Gasteiger partial charge in [-0.1, -0.05) is 53.7 Å². The summed E-state index contributed by atoms with van der Waals surface area (Å²) in [6, 6.07) is 17.1. The van der Waals surface area contributed by atoms with Gasteiger partial charge in [-0.25, -0.2) is 9.80 Å². The molecule has 0 atom stereocenters. The highest BCUT2D eigenvalue weighted by Crippen LogP contribution is 2.22. The second kappa shape index (κ2) is 6.17. The molecular weight excluding hydrogens is 282 g/mol. The van der Waals surface area contributed by atoms with Gasteiger partial charge in [0.2, 0.25) is 0 Å². The quantitative estimate of drug-likeness (QED) is 0.854. The number of nitrogens with zero attached hydrogens (tertiary/aromatic N) is 2. The standard InChI is InChI=1S/C16H15N3O3/c20-16(21)19-10-15(13-8-4-5-9-14(13)17-19)18-22-11-12-6-2-1-3-7-12/h1-9,17H,10-11H2,(H,20,21)/b18-15-. The highest BCUT2D eigenvalue weighted by Gasteiger charge is 2.24. The fraction of sp³-hybridized carbons (Fsp3) is 0.125. The Labute approximate surface area is 127 Å². The molecule has 2 N–H and O–H groups in total. The van der Waals surface area contributed by atoms with Crippen molar-refractivity contribution in [3.63, 3.8) is 0 Å². The average Bonchev–Trinajstić information content (AvgIpc) is 2.55. The Bertz CT molecular complexity index is 701. The number of carbonyl (C=O) groups is 1. The molecule has 2 aromatic carbocycles.